The molecule has 2 aromatic rings. The molecule has 0 aromatic heterocycles. The third kappa shape index (κ3) is 12.0. The number of Topliss-reactive ketones (excluding diaryl/α,β-unsaturated/α-hetero) is 1. The fourth-order valence-corrected chi connectivity index (χ4v) is 8.60. The average Bonchev–Trinajstić information content (AvgIpc) is 3.68. The zero-order valence-corrected chi connectivity index (χ0v) is 33.8. The molecule has 0 spiro atoms. The molecule has 58 heavy (non-hydrogen) atoms. The molecule has 1 aliphatic heterocycles. The van der Waals surface area contributed by atoms with Gasteiger partial charge in [-0.3, -0.25) is 33.6 Å². The Labute approximate surface area is 341 Å². The van der Waals surface area contributed by atoms with Crippen LogP contribution in [-0.2, 0) is 44.9 Å². The number of carbonyl (C=O) groups is 7. The predicted octanol–water partition coefficient (Wildman–Crippen LogP) is 3.38. The molecular formula is C44H60N6O8. The predicted molar refractivity (Wildman–Crippen MR) is 216 cm³/mol. The third-order valence-electron chi connectivity index (χ3n) is 11.9. The van der Waals surface area contributed by atoms with Crippen molar-refractivity contribution in [2.24, 2.45) is 23.5 Å². The second-order valence-electron chi connectivity index (χ2n) is 16.1. The largest absolute Gasteiger partial charge is 0.372 e. The lowest BCUT2D eigenvalue weighted by atomic mass is 9.79. The van der Waals surface area contributed by atoms with E-state index in [0.29, 0.717) is 12.0 Å². The van der Waals surface area contributed by atoms with E-state index in [1.54, 1.807) is 37.3 Å². The summed E-state index contributed by atoms with van der Waals surface area (Å²) in [7, 11) is 0. The van der Waals surface area contributed by atoms with Crippen LogP contribution in [-0.4, -0.2) is 83.4 Å². The van der Waals surface area contributed by atoms with Crippen molar-refractivity contribution in [1.29, 1.82) is 0 Å². The monoisotopic (exact) mass is 800 g/mol. The van der Waals surface area contributed by atoms with Gasteiger partial charge >= 0.3 is 0 Å². The number of amides is 6. The summed E-state index contributed by atoms with van der Waals surface area (Å²) in [5.41, 5.74) is 6.88. The SMILES string of the molecule is CCCC(NC(=O)[C@@H]1C[C@@H](OCc2ccccc2)CN1C(=O)C(NC(=O)C1CCCCC1C)C1CCCCC1)C(=O)C(=O)NCC(=O)NC(C(N)=O)c1ccccc1. The number of likely N-dealkylation sites (tertiary alicyclic amines) is 1. The summed E-state index contributed by atoms with van der Waals surface area (Å²) in [5, 5.41) is 10.7. The van der Waals surface area contributed by atoms with Crippen LogP contribution in [0.3, 0.4) is 0 Å². The smallest absolute Gasteiger partial charge is 0.290 e. The molecule has 2 aromatic carbocycles. The maximum Gasteiger partial charge on any atom is 0.290 e. The summed E-state index contributed by atoms with van der Waals surface area (Å²) in [6.45, 7) is 3.65. The Morgan fingerprint density at radius 3 is 2.12 bits per heavy atom. The van der Waals surface area contributed by atoms with Gasteiger partial charge in [-0.1, -0.05) is 113 Å². The average molecular weight is 801 g/mol. The van der Waals surface area contributed by atoms with Gasteiger partial charge in [-0.25, -0.2) is 0 Å². The van der Waals surface area contributed by atoms with Crippen molar-refractivity contribution >= 4 is 41.2 Å². The standard InChI is InChI=1S/C44H60N6O8/c1-3-15-34(39(52)43(56)46-25-36(51)48-37(40(45)53)30-19-9-5-10-20-30)47-42(55)35-24-32(58-27-29-17-7-4-8-18-29)26-50(35)44(57)38(31-21-11-6-12-22-31)49-41(54)33-23-14-13-16-28(33)2/h4-5,7-10,17-20,28,31-35,37-38H,3,6,11-16,21-27H2,1-2H3,(H2,45,53)(H,46,56)(H,47,55)(H,48,51)(H,49,54)/t28?,32-,33?,34?,35+,37?,38?/m1/s1. The topological polar surface area (TPSA) is 206 Å². The molecule has 3 aliphatic rings. The number of hydrogen-bond donors (Lipinski definition) is 5. The summed E-state index contributed by atoms with van der Waals surface area (Å²) in [5.74, 6) is -4.74. The van der Waals surface area contributed by atoms with E-state index in [0.717, 1.165) is 63.4 Å². The Morgan fingerprint density at radius 2 is 1.47 bits per heavy atom. The Kier molecular flexibility index (Phi) is 16.4. The molecule has 0 bridgehead atoms. The molecule has 5 unspecified atom stereocenters. The Hall–Kier alpha value is -5.11. The molecule has 5 rings (SSSR count). The lowest BCUT2D eigenvalue weighted by molar-refractivity contribution is -0.145. The highest BCUT2D eigenvalue weighted by molar-refractivity contribution is 6.38. The van der Waals surface area contributed by atoms with Crippen LogP contribution >= 0.6 is 0 Å². The maximum absolute atomic E-state index is 14.8. The molecule has 2 aliphatic carbocycles. The first-order valence-corrected chi connectivity index (χ1v) is 21.0. The van der Waals surface area contributed by atoms with Crippen molar-refractivity contribution in [2.45, 2.75) is 128 Å². The first-order chi connectivity index (χ1) is 28.0. The zero-order chi connectivity index (χ0) is 41.6. The number of primary amides is 1. The van der Waals surface area contributed by atoms with Gasteiger partial charge in [0.1, 0.15) is 18.1 Å². The number of benzene rings is 2. The highest BCUT2D eigenvalue weighted by Gasteiger charge is 2.46. The van der Waals surface area contributed by atoms with Crippen molar-refractivity contribution in [3.63, 3.8) is 0 Å². The normalized spacial score (nSPS) is 22.5. The van der Waals surface area contributed by atoms with Crippen LogP contribution in [0.15, 0.2) is 60.7 Å². The summed E-state index contributed by atoms with van der Waals surface area (Å²) in [4.78, 5) is 95.7. The summed E-state index contributed by atoms with van der Waals surface area (Å²) in [6.07, 6.45) is 8.49. The number of nitrogens with one attached hydrogen (secondary N) is 4. The van der Waals surface area contributed by atoms with E-state index >= 15 is 0 Å². The van der Waals surface area contributed by atoms with Crippen molar-refractivity contribution in [3.8, 4) is 0 Å². The molecule has 2 saturated carbocycles. The molecule has 6 amide bonds. The molecule has 1 saturated heterocycles. The Balaban J connectivity index is 1.30. The van der Waals surface area contributed by atoms with E-state index in [1.807, 2.05) is 30.3 Å². The van der Waals surface area contributed by atoms with E-state index in [1.165, 1.54) is 4.90 Å². The van der Waals surface area contributed by atoms with Gasteiger partial charge in [0, 0.05) is 18.9 Å². The lowest BCUT2D eigenvalue weighted by Gasteiger charge is -2.36. The van der Waals surface area contributed by atoms with Crippen LogP contribution < -0.4 is 27.0 Å². The minimum absolute atomic E-state index is 0.0849. The number of nitrogens with two attached hydrogens (primary N) is 1. The van der Waals surface area contributed by atoms with Gasteiger partial charge < -0.3 is 36.6 Å². The minimum Gasteiger partial charge on any atom is -0.372 e. The van der Waals surface area contributed by atoms with E-state index in [2.05, 4.69) is 28.2 Å². The number of nitrogens with zero attached hydrogens (tertiary/aromatic N) is 1. The number of ether oxygens (including phenoxy) is 1. The van der Waals surface area contributed by atoms with Gasteiger partial charge in [-0.05, 0) is 55.1 Å². The Bertz CT molecular complexity index is 1740. The second-order valence-corrected chi connectivity index (χ2v) is 16.1. The van der Waals surface area contributed by atoms with Crippen molar-refractivity contribution in [3.05, 3.63) is 71.8 Å². The van der Waals surface area contributed by atoms with E-state index in [4.69, 9.17) is 10.5 Å². The number of ketones is 1. The first kappa shape index (κ1) is 44.0. The van der Waals surface area contributed by atoms with Crippen LogP contribution in [0, 0.1) is 17.8 Å². The first-order valence-electron chi connectivity index (χ1n) is 21.0. The molecule has 14 heteroatoms. The van der Waals surface area contributed by atoms with Crippen molar-refractivity contribution < 1.29 is 38.3 Å². The lowest BCUT2D eigenvalue weighted by Crippen LogP contribution is -2.58. The molecule has 6 N–H and O–H groups in total. The number of carbonyl (C=O) groups excluding carboxylic acids is 7. The number of rotatable bonds is 18. The summed E-state index contributed by atoms with van der Waals surface area (Å²) >= 11 is 0. The van der Waals surface area contributed by atoms with E-state index in [-0.39, 0.29) is 55.6 Å². The highest BCUT2D eigenvalue weighted by Crippen LogP contribution is 2.33. The van der Waals surface area contributed by atoms with Crippen LogP contribution in [0.1, 0.15) is 108 Å². The molecule has 3 fully saturated rings. The van der Waals surface area contributed by atoms with Crippen LogP contribution in [0.4, 0.5) is 0 Å². The van der Waals surface area contributed by atoms with Gasteiger partial charge in [0.25, 0.3) is 5.91 Å². The molecule has 7 atom stereocenters. The molecule has 314 valence electrons. The third-order valence-corrected chi connectivity index (χ3v) is 11.9. The zero-order valence-electron chi connectivity index (χ0n) is 33.8. The van der Waals surface area contributed by atoms with Crippen LogP contribution in [0.25, 0.3) is 0 Å². The van der Waals surface area contributed by atoms with E-state index in [9.17, 15) is 33.6 Å². The molecule has 1 heterocycles. The van der Waals surface area contributed by atoms with Gasteiger partial charge in [0.2, 0.25) is 35.3 Å². The van der Waals surface area contributed by atoms with Crippen molar-refractivity contribution in [1.82, 2.24) is 26.2 Å². The van der Waals surface area contributed by atoms with Gasteiger partial charge in [0.05, 0.1) is 25.3 Å². The van der Waals surface area contributed by atoms with Gasteiger partial charge in [-0.15, -0.1) is 0 Å². The minimum atomic E-state index is -1.24. The van der Waals surface area contributed by atoms with Gasteiger partial charge in [-0.2, -0.15) is 0 Å². The van der Waals surface area contributed by atoms with Crippen LogP contribution in [0.5, 0.6) is 0 Å². The fourth-order valence-electron chi connectivity index (χ4n) is 8.60. The maximum atomic E-state index is 14.8. The highest BCUT2D eigenvalue weighted by atomic mass is 16.5. The van der Waals surface area contributed by atoms with E-state index < -0.39 is 66.2 Å². The summed E-state index contributed by atoms with van der Waals surface area (Å²) in [6, 6.07) is 13.7. The quantitative estimate of drug-likeness (QED) is 0.141. The van der Waals surface area contributed by atoms with Crippen LogP contribution in [0.2, 0.25) is 0 Å². The Morgan fingerprint density at radius 1 is 0.810 bits per heavy atom. The molecular weight excluding hydrogens is 741 g/mol. The molecule has 14 nitrogen and oxygen atoms in total. The molecule has 0 radical (unpaired) electrons. The second kappa shape index (κ2) is 21.6. The number of hydrogen-bond acceptors (Lipinski definition) is 8. The van der Waals surface area contributed by atoms with Gasteiger partial charge in [0.15, 0.2) is 0 Å². The fraction of sp³-hybridized carbons (Fsp3) is 0.568. The summed E-state index contributed by atoms with van der Waals surface area (Å²) < 4.78 is 6.27. The van der Waals surface area contributed by atoms with Crippen molar-refractivity contribution in [2.75, 3.05) is 13.1 Å².